The highest BCUT2D eigenvalue weighted by Crippen LogP contribution is 2.40. The Morgan fingerprint density at radius 2 is 2.07 bits per heavy atom. The second kappa shape index (κ2) is 4.37. The Morgan fingerprint density at radius 1 is 1.33 bits per heavy atom. The molecule has 1 aromatic carbocycles. The van der Waals surface area contributed by atoms with Crippen LogP contribution in [0.25, 0.3) is 0 Å². The Bertz CT molecular complexity index is 386. The van der Waals surface area contributed by atoms with Crippen LogP contribution >= 0.6 is 15.9 Å². The molecule has 1 saturated carbocycles. The van der Waals surface area contributed by atoms with Crippen molar-refractivity contribution in [3.63, 3.8) is 0 Å². The van der Waals surface area contributed by atoms with Crippen molar-refractivity contribution in [2.45, 2.75) is 32.1 Å². The average molecular weight is 264 g/mol. The Hall–Kier alpha value is -0.810. The first-order valence-electron chi connectivity index (χ1n) is 5.40. The molecule has 15 heavy (non-hydrogen) atoms. The minimum absolute atomic E-state index is 0.0825. The molecule has 1 aromatic rings. The molecule has 0 atom stereocenters. The molecule has 0 N–H and O–H groups in total. The summed E-state index contributed by atoms with van der Waals surface area (Å²) in [7, 11) is 0. The fourth-order valence-electron chi connectivity index (χ4n) is 2.42. The van der Waals surface area contributed by atoms with Gasteiger partial charge in [-0.1, -0.05) is 40.9 Å². The van der Waals surface area contributed by atoms with Gasteiger partial charge in [0.25, 0.3) is 0 Å². The monoisotopic (exact) mass is 263 g/mol. The van der Waals surface area contributed by atoms with E-state index in [1.165, 1.54) is 18.4 Å². The van der Waals surface area contributed by atoms with Crippen LogP contribution in [0.1, 0.15) is 31.2 Å². The van der Waals surface area contributed by atoms with Crippen LogP contribution in [-0.2, 0) is 6.42 Å². The van der Waals surface area contributed by atoms with E-state index in [1.54, 1.807) is 0 Å². The van der Waals surface area contributed by atoms with Gasteiger partial charge in [0.05, 0.1) is 11.5 Å². The molecule has 0 bridgehead atoms. The van der Waals surface area contributed by atoms with Crippen LogP contribution in [0, 0.1) is 16.7 Å². The third kappa shape index (κ3) is 2.41. The third-order valence-electron chi connectivity index (χ3n) is 3.23. The summed E-state index contributed by atoms with van der Waals surface area (Å²) in [5.74, 6) is 0. The van der Waals surface area contributed by atoms with Crippen LogP contribution in [0.15, 0.2) is 28.7 Å². The summed E-state index contributed by atoms with van der Waals surface area (Å²) < 4.78 is 1.10. The Kier molecular flexibility index (Phi) is 3.11. The lowest BCUT2D eigenvalue weighted by molar-refractivity contribution is 0.408. The van der Waals surface area contributed by atoms with Gasteiger partial charge in [-0.25, -0.2) is 0 Å². The molecule has 1 nitrogen and oxygen atoms in total. The number of hydrogen-bond acceptors (Lipinski definition) is 1. The molecule has 0 spiro atoms. The molecule has 78 valence electrons. The molecule has 0 amide bonds. The number of rotatable bonds is 2. The van der Waals surface area contributed by atoms with Crippen LogP contribution in [-0.4, -0.2) is 0 Å². The van der Waals surface area contributed by atoms with Crippen LogP contribution < -0.4 is 0 Å². The lowest BCUT2D eigenvalue weighted by Gasteiger charge is -2.19. The molecular weight excluding hydrogens is 250 g/mol. The number of halogens is 1. The van der Waals surface area contributed by atoms with Gasteiger partial charge in [0, 0.05) is 4.47 Å². The largest absolute Gasteiger partial charge is 0.198 e. The molecule has 1 aliphatic carbocycles. The topological polar surface area (TPSA) is 23.8 Å². The Morgan fingerprint density at radius 3 is 2.67 bits per heavy atom. The van der Waals surface area contributed by atoms with Crippen molar-refractivity contribution in [2.75, 3.05) is 0 Å². The van der Waals surface area contributed by atoms with E-state index in [0.29, 0.717) is 0 Å². The van der Waals surface area contributed by atoms with Crippen molar-refractivity contribution in [3.05, 3.63) is 34.3 Å². The zero-order chi connectivity index (χ0) is 10.7. The summed E-state index contributed by atoms with van der Waals surface area (Å²) in [6, 6.07) is 10.8. The lowest BCUT2D eigenvalue weighted by Crippen LogP contribution is -2.16. The zero-order valence-corrected chi connectivity index (χ0v) is 10.3. The van der Waals surface area contributed by atoms with Gasteiger partial charge in [0.15, 0.2) is 0 Å². The van der Waals surface area contributed by atoms with Gasteiger partial charge in [-0.3, -0.25) is 0 Å². The molecule has 2 heteroatoms. The number of benzene rings is 1. The molecule has 0 aromatic heterocycles. The minimum atomic E-state index is -0.0825. The predicted octanol–water partition coefficient (Wildman–Crippen LogP) is 4.08. The van der Waals surface area contributed by atoms with E-state index in [1.807, 2.05) is 12.1 Å². The van der Waals surface area contributed by atoms with Gasteiger partial charge in [-0.15, -0.1) is 0 Å². The third-order valence-corrected chi connectivity index (χ3v) is 3.72. The highest BCUT2D eigenvalue weighted by Gasteiger charge is 2.33. The van der Waals surface area contributed by atoms with Crippen molar-refractivity contribution in [1.82, 2.24) is 0 Å². The van der Waals surface area contributed by atoms with Gasteiger partial charge in [-0.05, 0) is 37.0 Å². The highest BCUT2D eigenvalue weighted by atomic mass is 79.9. The fraction of sp³-hybridized carbons (Fsp3) is 0.462. The molecule has 0 aliphatic heterocycles. The van der Waals surface area contributed by atoms with Crippen molar-refractivity contribution in [2.24, 2.45) is 5.41 Å². The van der Waals surface area contributed by atoms with E-state index in [-0.39, 0.29) is 5.41 Å². The second-order valence-electron chi connectivity index (χ2n) is 4.41. The maximum atomic E-state index is 9.29. The quantitative estimate of drug-likeness (QED) is 0.789. The molecule has 1 aliphatic rings. The smallest absolute Gasteiger partial charge is 0.0693 e. The lowest BCUT2D eigenvalue weighted by atomic mass is 9.82. The van der Waals surface area contributed by atoms with Crippen molar-refractivity contribution < 1.29 is 0 Å². The van der Waals surface area contributed by atoms with E-state index in [9.17, 15) is 5.26 Å². The second-order valence-corrected chi connectivity index (χ2v) is 5.32. The van der Waals surface area contributed by atoms with E-state index < -0.39 is 0 Å². The molecule has 0 saturated heterocycles. The molecular formula is C13H14BrN. The van der Waals surface area contributed by atoms with Crippen LogP contribution in [0.4, 0.5) is 0 Å². The summed E-state index contributed by atoms with van der Waals surface area (Å²) in [5, 5.41) is 9.29. The maximum Gasteiger partial charge on any atom is 0.0693 e. The first kappa shape index (κ1) is 10.7. The normalized spacial score (nSPS) is 18.7. The minimum Gasteiger partial charge on any atom is -0.198 e. The van der Waals surface area contributed by atoms with Crippen molar-refractivity contribution in [3.8, 4) is 6.07 Å². The summed E-state index contributed by atoms with van der Waals surface area (Å²) >= 11 is 3.47. The van der Waals surface area contributed by atoms with Crippen LogP contribution in [0.5, 0.6) is 0 Å². The van der Waals surface area contributed by atoms with Gasteiger partial charge < -0.3 is 0 Å². The first-order chi connectivity index (χ1) is 7.24. The van der Waals surface area contributed by atoms with Crippen molar-refractivity contribution >= 4 is 15.9 Å². The number of nitriles is 1. The van der Waals surface area contributed by atoms with E-state index in [2.05, 4.69) is 34.1 Å². The van der Waals surface area contributed by atoms with Gasteiger partial charge in [0.1, 0.15) is 0 Å². The van der Waals surface area contributed by atoms with Gasteiger partial charge >= 0.3 is 0 Å². The molecule has 2 rings (SSSR count). The zero-order valence-electron chi connectivity index (χ0n) is 8.67. The first-order valence-corrected chi connectivity index (χ1v) is 6.19. The summed E-state index contributed by atoms with van der Waals surface area (Å²) in [4.78, 5) is 0. The molecule has 0 heterocycles. The summed E-state index contributed by atoms with van der Waals surface area (Å²) in [6.45, 7) is 0. The fourth-order valence-corrected chi connectivity index (χ4v) is 2.86. The Balaban J connectivity index is 2.17. The van der Waals surface area contributed by atoms with Gasteiger partial charge in [0.2, 0.25) is 0 Å². The van der Waals surface area contributed by atoms with Crippen LogP contribution in [0.3, 0.4) is 0 Å². The predicted molar refractivity (Wildman–Crippen MR) is 64.4 cm³/mol. The van der Waals surface area contributed by atoms with Crippen LogP contribution in [0.2, 0.25) is 0 Å². The number of hydrogen-bond donors (Lipinski definition) is 0. The standard InChI is InChI=1S/C13H14BrN/c14-12-5-3-4-11(8-12)9-13(10-15)6-1-2-7-13/h3-5,8H,1-2,6-7,9H2. The summed E-state index contributed by atoms with van der Waals surface area (Å²) in [5.41, 5.74) is 1.19. The SMILES string of the molecule is N#CC1(Cc2cccc(Br)c2)CCCC1. The highest BCUT2D eigenvalue weighted by molar-refractivity contribution is 9.10. The average Bonchev–Trinajstić information content (AvgIpc) is 2.67. The molecule has 1 fully saturated rings. The number of nitrogens with zero attached hydrogens (tertiary/aromatic N) is 1. The summed E-state index contributed by atoms with van der Waals surface area (Å²) in [6.07, 6.45) is 5.46. The molecule has 0 unspecified atom stereocenters. The maximum absolute atomic E-state index is 9.29. The Labute approximate surface area is 99.2 Å². The van der Waals surface area contributed by atoms with Crippen molar-refractivity contribution in [1.29, 1.82) is 5.26 Å². The molecule has 0 radical (unpaired) electrons. The van der Waals surface area contributed by atoms with Gasteiger partial charge in [-0.2, -0.15) is 5.26 Å². The van der Waals surface area contributed by atoms with E-state index in [4.69, 9.17) is 0 Å². The van der Waals surface area contributed by atoms with E-state index in [0.717, 1.165) is 23.7 Å². The van der Waals surface area contributed by atoms with E-state index >= 15 is 0 Å².